The van der Waals surface area contributed by atoms with Crippen LogP contribution in [0.5, 0.6) is 11.5 Å². The SMILES string of the molecule is C=C1C=C(C)c2ccc3oc(C(=O)c4cccc(OCCCCCCC)c4)c(-c4ccccc4)c3c2O1. The number of carbonyl (C=O) groups excluding carboxylic acids is 1. The number of hydrogen-bond acceptors (Lipinski definition) is 4. The predicted octanol–water partition coefficient (Wildman–Crippen LogP) is 8.99. The Labute approximate surface area is 218 Å². The highest BCUT2D eigenvalue weighted by Gasteiger charge is 2.28. The number of carbonyl (C=O) groups is 1. The van der Waals surface area contributed by atoms with Crippen LogP contribution < -0.4 is 9.47 Å². The summed E-state index contributed by atoms with van der Waals surface area (Å²) in [5.74, 6) is 2.01. The van der Waals surface area contributed by atoms with Gasteiger partial charge in [0.15, 0.2) is 5.76 Å². The molecule has 0 aliphatic carbocycles. The molecule has 0 fully saturated rings. The van der Waals surface area contributed by atoms with Gasteiger partial charge in [0.05, 0.1) is 12.0 Å². The Bertz CT molecular complexity index is 1470. The second-order valence-corrected chi connectivity index (χ2v) is 9.50. The number of allylic oxidation sites excluding steroid dienone is 2. The Hall–Kier alpha value is -4.05. The summed E-state index contributed by atoms with van der Waals surface area (Å²) in [5.41, 5.74) is 4.76. The highest BCUT2D eigenvalue weighted by Crippen LogP contribution is 2.46. The fraction of sp³-hybridized carbons (Fsp3) is 0.242. The zero-order chi connectivity index (χ0) is 25.8. The molecule has 0 bridgehead atoms. The Morgan fingerprint density at radius 2 is 1.76 bits per heavy atom. The van der Waals surface area contributed by atoms with Crippen molar-refractivity contribution in [2.45, 2.75) is 46.0 Å². The molecule has 1 aromatic heterocycles. The van der Waals surface area contributed by atoms with Crippen LogP contribution in [0.15, 0.2) is 89.6 Å². The summed E-state index contributed by atoms with van der Waals surface area (Å²) in [7, 11) is 0. The molecular weight excluding hydrogens is 460 g/mol. The highest BCUT2D eigenvalue weighted by atomic mass is 16.5. The number of furan rings is 1. The van der Waals surface area contributed by atoms with Crippen LogP contribution in [0, 0.1) is 0 Å². The van der Waals surface area contributed by atoms with Gasteiger partial charge in [-0.2, -0.15) is 0 Å². The van der Waals surface area contributed by atoms with Gasteiger partial charge in [-0.05, 0) is 54.8 Å². The molecular formula is C33H32O4. The van der Waals surface area contributed by atoms with E-state index in [9.17, 15) is 4.79 Å². The van der Waals surface area contributed by atoms with Crippen LogP contribution >= 0.6 is 0 Å². The zero-order valence-corrected chi connectivity index (χ0v) is 21.5. The first kappa shape index (κ1) is 24.6. The van der Waals surface area contributed by atoms with Gasteiger partial charge < -0.3 is 13.9 Å². The van der Waals surface area contributed by atoms with E-state index in [0.717, 1.165) is 40.5 Å². The van der Waals surface area contributed by atoms with Crippen LogP contribution in [-0.2, 0) is 0 Å². The average molecular weight is 493 g/mol. The van der Waals surface area contributed by atoms with Crippen molar-refractivity contribution in [3.05, 3.63) is 102 Å². The smallest absolute Gasteiger partial charge is 0.229 e. The molecule has 0 N–H and O–H groups in total. The van der Waals surface area contributed by atoms with Gasteiger partial charge in [0, 0.05) is 16.7 Å². The van der Waals surface area contributed by atoms with Crippen molar-refractivity contribution in [2.75, 3.05) is 6.61 Å². The molecule has 0 saturated heterocycles. The minimum absolute atomic E-state index is 0.195. The van der Waals surface area contributed by atoms with Crippen molar-refractivity contribution >= 4 is 22.3 Å². The normalized spacial score (nSPS) is 12.7. The van der Waals surface area contributed by atoms with E-state index in [2.05, 4.69) is 13.5 Å². The molecule has 5 rings (SSSR count). The molecule has 4 aromatic rings. The average Bonchev–Trinajstić information content (AvgIpc) is 3.31. The van der Waals surface area contributed by atoms with Gasteiger partial charge in [-0.15, -0.1) is 0 Å². The number of hydrogen-bond donors (Lipinski definition) is 0. The molecule has 0 unspecified atom stereocenters. The largest absolute Gasteiger partial charge is 0.494 e. The lowest BCUT2D eigenvalue weighted by molar-refractivity contribution is 0.101. The molecule has 0 radical (unpaired) electrons. The van der Waals surface area contributed by atoms with Crippen LogP contribution in [-0.4, -0.2) is 12.4 Å². The second kappa shape index (κ2) is 10.9. The number of unbranched alkanes of at least 4 members (excludes halogenated alkanes) is 4. The molecule has 0 saturated carbocycles. The molecule has 188 valence electrons. The van der Waals surface area contributed by atoms with Crippen molar-refractivity contribution in [1.29, 1.82) is 0 Å². The first-order valence-electron chi connectivity index (χ1n) is 13.0. The highest BCUT2D eigenvalue weighted by molar-refractivity contribution is 6.17. The standard InChI is InChI=1S/C33H32O4/c1-4-5-6-7-11-19-35-26-16-12-15-25(21-26)31(34)33-29(24-13-9-8-10-14-24)30-28(37-33)18-17-27-22(2)20-23(3)36-32(27)30/h8-10,12-18,20-21H,3-7,11,19H2,1-2H3. The number of benzene rings is 3. The van der Waals surface area contributed by atoms with Crippen LogP contribution in [0.25, 0.3) is 27.7 Å². The molecule has 1 aliphatic heterocycles. The molecule has 1 aliphatic rings. The first-order chi connectivity index (χ1) is 18.1. The van der Waals surface area contributed by atoms with Crippen molar-refractivity contribution in [2.24, 2.45) is 0 Å². The molecule has 4 nitrogen and oxygen atoms in total. The number of ether oxygens (including phenoxy) is 2. The van der Waals surface area contributed by atoms with Crippen molar-refractivity contribution in [1.82, 2.24) is 0 Å². The van der Waals surface area contributed by atoms with E-state index in [1.54, 1.807) is 12.1 Å². The predicted molar refractivity (Wildman–Crippen MR) is 149 cm³/mol. The van der Waals surface area contributed by atoms with Gasteiger partial charge in [0.2, 0.25) is 5.78 Å². The summed E-state index contributed by atoms with van der Waals surface area (Å²) < 4.78 is 18.3. The maximum Gasteiger partial charge on any atom is 0.229 e. The van der Waals surface area contributed by atoms with Crippen LogP contribution in [0.3, 0.4) is 0 Å². The topological polar surface area (TPSA) is 48.7 Å². The van der Waals surface area contributed by atoms with E-state index < -0.39 is 0 Å². The molecule has 0 spiro atoms. The molecule has 3 aromatic carbocycles. The molecule has 0 atom stereocenters. The summed E-state index contributed by atoms with van der Waals surface area (Å²) in [5, 5.41) is 0.778. The fourth-order valence-corrected chi connectivity index (χ4v) is 4.85. The first-order valence-corrected chi connectivity index (χ1v) is 13.0. The van der Waals surface area contributed by atoms with Crippen LogP contribution in [0.1, 0.15) is 67.6 Å². The van der Waals surface area contributed by atoms with Crippen LogP contribution in [0.2, 0.25) is 0 Å². The number of fused-ring (bicyclic) bond motifs is 3. The zero-order valence-electron chi connectivity index (χ0n) is 21.5. The lowest BCUT2D eigenvalue weighted by Gasteiger charge is -2.18. The van der Waals surface area contributed by atoms with Gasteiger partial charge >= 0.3 is 0 Å². The Kier molecular flexibility index (Phi) is 7.27. The second-order valence-electron chi connectivity index (χ2n) is 9.50. The van der Waals surface area contributed by atoms with Crippen LogP contribution in [0.4, 0.5) is 0 Å². The molecule has 0 amide bonds. The van der Waals surface area contributed by atoms with Gasteiger partial charge in [0.1, 0.15) is 22.8 Å². The Morgan fingerprint density at radius 1 is 0.946 bits per heavy atom. The van der Waals surface area contributed by atoms with E-state index in [0.29, 0.717) is 35.0 Å². The number of rotatable bonds is 10. The number of ketones is 1. The molecule has 37 heavy (non-hydrogen) atoms. The summed E-state index contributed by atoms with van der Waals surface area (Å²) in [6.07, 6.45) is 7.77. The van der Waals surface area contributed by atoms with Crippen molar-refractivity contribution in [3.63, 3.8) is 0 Å². The van der Waals surface area contributed by atoms with Gasteiger partial charge in [-0.25, -0.2) is 0 Å². The third-order valence-corrected chi connectivity index (χ3v) is 6.73. The van der Waals surface area contributed by atoms with E-state index in [-0.39, 0.29) is 11.5 Å². The van der Waals surface area contributed by atoms with Gasteiger partial charge in [-0.1, -0.05) is 81.7 Å². The van der Waals surface area contributed by atoms with E-state index in [1.807, 2.05) is 67.6 Å². The lowest BCUT2D eigenvalue weighted by Crippen LogP contribution is -2.04. The Morgan fingerprint density at radius 3 is 2.57 bits per heavy atom. The Balaban J connectivity index is 1.53. The summed E-state index contributed by atoms with van der Waals surface area (Å²) in [6.45, 7) is 8.89. The van der Waals surface area contributed by atoms with Crippen molar-refractivity contribution in [3.8, 4) is 22.6 Å². The summed E-state index contributed by atoms with van der Waals surface area (Å²) in [6, 6.07) is 21.1. The summed E-state index contributed by atoms with van der Waals surface area (Å²) >= 11 is 0. The minimum Gasteiger partial charge on any atom is -0.494 e. The van der Waals surface area contributed by atoms with E-state index in [1.165, 1.54) is 19.3 Å². The lowest BCUT2D eigenvalue weighted by atomic mass is 9.94. The third kappa shape index (κ3) is 5.10. The van der Waals surface area contributed by atoms with Crippen molar-refractivity contribution < 1.29 is 18.7 Å². The fourth-order valence-electron chi connectivity index (χ4n) is 4.85. The van der Waals surface area contributed by atoms with Gasteiger partial charge in [0.25, 0.3) is 0 Å². The van der Waals surface area contributed by atoms with E-state index in [4.69, 9.17) is 13.9 Å². The maximum absolute atomic E-state index is 13.9. The van der Waals surface area contributed by atoms with Gasteiger partial charge in [-0.3, -0.25) is 4.79 Å². The maximum atomic E-state index is 13.9. The quantitative estimate of drug-likeness (QED) is 0.164. The molecule has 4 heteroatoms. The summed E-state index contributed by atoms with van der Waals surface area (Å²) in [4.78, 5) is 13.9. The van der Waals surface area contributed by atoms with E-state index >= 15 is 0 Å². The third-order valence-electron chi connectivity index (χ3n) is 6.73. The molecule has 2 heterocycles. The monoisotopic (exact) mass is 492 g/mol. The minimum atomic E-state index is -0.195.